The van der Waals surface area contributed by atoms with Gasteiger partial charge >= 0.3 is 6.09 Å². The maximum Gasteiger partial charge on any atom is 0.410 e. The highest BCUT2D eigenvalue weighted by Gasteiger charge is 2.39. The Morgan fingerprint density at radius 3 is 2.62 bits per heavy atom. The van der Waals surface area contributed by atoms with Crippen molar-refractivity contribution in [2.45, 2.75) is 58.1 Å². The van der Waals surface area contributed by atoms with Crippen LogP contribution < -0.4 is 4.90 Å². The van der Waals surface area contributed by atoms with Gasteiger partial charge in [0.2, 0.25) is 0 Å². The molecule has 1 amide bonds. The first-order chi connectivity index (χ1) is 12.4. The first-order valence-electron chi connectivity index (χ1n) is 9.65. The largest absolute Gasteiger partial charge is 0.444 e. The third-order valence-electron chi connectivity index (χ3n) is 5.62. The molecular weight excluding hydrogens is 326 g/mol. The summed E-state index contributed by atoms with van der Waals surface area (Å²) in [6, 6.07) is 6.38. The van der Waals surface area contributed by atoms with E-state index in [1.807, 2.05) is 26.8 Å². The standard InChI is InChI=1S/C21H27N3O2/c1-21(2,3)26-20(25)24-9-8-23-7-6-17(15-4-5-15)18-11-14(12-22)10-16(13-24)19(18)23/h10-11,15,17H,4-9,13H2,1-3H3. The van der Waals surface area contributed by atoms with Crippen LogP contribution >= 0.6 is 0 Å². The number of rotatable bonds is 1. The van der Waals surface area contributed by atoms with Gasteiger partial charge in [-0.1, -0.05) is 0 Å². The Labute approximate surface area is 155 Å². The molecule has 1 atom stereocenters. The third kappa shape index (κ3) is 3.25. The highest BCUT2D eigenvalue weighted by molar-refractivity contribution is 5.71. The van der Waals surface area contributed by atoms with Crippen LogP contribution in [-0.4, -0.2) is 36.2 Å². The zero-order chi connectivity index (χ0) is 18.5. The Morgan fingerprint density at radius 1 is 1.19 bits per heavy atom. The van der Waals surface area contributed by atoms with Crippen LogP contribution in [0.15, 0.2) is 12.1 Å². The van der Waals surface area contributed by atoms with E-state index in [1.165, 1.54) is 24.1 Å². The Balaban J connectivity index is 1.70. The van der Waals surface area contributed by atoms with E-state index in [2.05, 4.69) is 17.0 Å². The van der Waals surface area contributed by atoms with Gasteiger partial charge in [0.15, 0.2) is 0 Å². The van der Waals surface area contributed by atoms with E-state index < -0.39 is 5.60 Å². The Kier molecular flexibility index (Phi) is 4.10. The van der Waals surface area contributed by atoms with Crippen molar-refractivity contribution in [2.75, 3.05) is 24.5 Å². The van der Waals surface area contributed by atoms with E-state index in [0.29, 0.717) is 24.6 Å². The van der Waals surface area contributed by atoms with Gasteiger partial charge in [-0.25, -0.2) is 4.79 Å². The predicted octanol–water partition coefficient (Wildman–Crippen LogP) is 4.01. The molecule has 2 heterocycles. The minimum atomic E-state index is -0.503. The smallest absolute Gasteiger partial charge is 0.410 e. The van der Waals surface area contributed by atoms with Crippen LogP contribution in [0.1, 0.15) is 62.6 Å². The van der Waals surface area contributed by atoms with E-state index in [0.717, 1.165) is 31.0 Å². The number of anilines is 1. The van der Waals surface area contributed by atoms with Crippen LogP contribution in [0.2, 0.25) is 0 Å². The molecule has 0 radical (unpaired) electrons. The summed E-state index contributed by atoms with van der Waals surface area (Å²) in [5.74, 6) is 1.35. The molecule has 0 spiro atoms. The van der Waals surface area contributed by atoms with Gasteiger partial charge in [-0.15, -0.1) is 0 Å². The monoisotopic (exact) mass is 353 g/mol. The zero-order valence-corrected chi connectivity index (χ0v) is 15.9. The maximum atomic E-state index is 12.6. The number of nitrogens with zero attached hydrogens (tertiary/aromatic N) is 3. The molecule has 0 saturated heterocycles. The lowest BCUT2D eigenvalue weighted by atomic mass is 9.83. The highest BCUT2D eigenvalue weighted by Crippen LogP contribution is 2.51. The van der Waals surface area contributed by atoms with E-state index >= 15 is 0 Å². The third-order valence-corrected chi connectivity index (χ3v) is 5.62. The summed E-state index contributed by atoms with van der Waals surface area (Å²) in [6.45, 7) is 8.70. The molecule has 5 nitrogen and oxygen atoms in total. The van der Waals surface area contributed by atoms with Crippen molar-refractivity contribution < 1.29 is 9.53 Å². The van der Waals surface area contributed by atoms with E-state index in [9.17, 15) is 10.1 Å². The van der Waals surface area contributed by atoms with Crippen molar-refractivity contribution in [1.82, 2.24) is 4.90 Å². The van der Waals surface area contributed by atoms with Crippen molar-refractivity contribution in [3.05, 3.63) is 28.8 Å². The second kappa shape index (κ2) is 6.19. The molecule has 1 aliphatic carbocycles. The normalized spacial score (nSPS) is 22.3. The number of hydrogen-bond donors (Lipinski definition) is 0. The Bertz CT molecular complexity index is 771. The van der Waals surface area contributed by atoms with Crippen molar-refractivity contribution >= 4 is 11.8 Å². The SMILES string of the molecule is CC(C)(C)OC(=O)N1CCN2CCC(C3CC3)c3cc(C#N)cc(c32)C1. The van der Waals surface area contributed by atoms with Gasteiger partial charge in [0.25, 0.3) is 0 Å². The molecule has 3 aliphatic rings. The molecule has 1 fully saturated rings. The van der Waals surface area contributed by atoms with Gasteiger partial charge in [0.05, 0.1) is 18.2 Å². The molecule has 0 bridgehead atoms. The quantitative estimate of drug-likeness (QED) is 0.765. The number of ether oxygens (including phenoxy) is 1. The van der Waals surface area contributed by atoms with Crippen LogP contribution in [0.4, 0.5) is 10.5 Å². The molecule has 26 heavy (non-hydrogen) atoms. The summed E-state index contributed by atoms with van der Waals surface area (Å²) < 4.78 is 5.59. The molecule has 1 aromatic rings. The van der Waals surface area contributed by atoms with E-state index in [-0.39, 0.29) is 6.09 Å². The highest BCUT2D eigenvalue weighted by atomic mass is 16.6. The fourth-order valence-electron chi connectivity index (χ4n) is 4.35. The average molecular weight is 353 g/mol. The topological polar surface area (TPSA) is 56.6 Å². The van der Waals surface area contributed by atoms with Crippen molar-refractivity contribution in [1.29, 1.82) is 5.26 Å². The van der Waals surface area contributed by atoms with Crippen LogP contribution in [0.5, 0.6) is 0 Å². The lowest BCUT2D eigenvalue weighted by Gasteiger charge is -2.36. The lowest BCUT2D eigenvalue weighted by Crippen LogP contribution is -2.40. The molecule has 0 aromatic heterocycles. The first-order valence-corrected chi connectivity index (χ1v) is 9.65. The summed E-state index contributed by atoms with van der Waals surface area (Å²) in [7, 11) is 0. The van der Waals surface area contributed by atoms with Gasteiger partial charge in [0, 0.05) is 25.3 Å². The number of benzene rings is 1. The first kappa shape index (κ1) is 17.2. The number of carbonyl (C=O) groups excluding carboxylic acids is 1. The minimum Gasteiger partial charge on any atom is -0.444 e. The van der Waals surface area contributed by atoms with Crippen LogP contribution in [0.3, 0.4) is 0 Å². The number of hydrogen-bond acceptors (Lipinski definition) is 4. The van der Waals surface area contributed by atoms with E-state index in [1.54, 1.807) is 4.90 Å². The molecule has 5 heteroatoms. The lowest BCUT2D eigenvalue weighted by molar-refractivity contribution is 0.0243. The van der Waals surface area contributed by atoms with Crippen LogP contribution in [-0.2, 0) is 11.3 Å². The second-order valence-electron chi connectivity index (χ2n) is 8.81. The van der Waals surface area contributed by atoms with Crippen molar-refractivity contribution in [3.8, 4) is 6.07 Å². The summed E-state index contributed by atoms with van der Waals surface area (Å²) in [5.41, 5.74) is 3.90. The summed E-state index contributed by atoms with van der Waals surface area (Å²) in [4.78, 5) is 16.8. The van der Waals surface area contributed by atoms with Crippen LogP contribution in [0, 0.1) is 17.2 Å². The average Bonchev–Trinajstić information content (AvgIpc) is 3.41. The van der Waals surface area contributed by atoms with Gasteiger partial charge in [-0.3, -0.25) is 0 Å². The van der Waals surface area contributed by atoms with Gasteiger partial charge in [-0.05, 0) is 75.1 Å². The fourth-order valence-corrected chi connectivity index (χ4v) is 4.35. The van der Waals surface area contributed by atoms with Gasteiger partial charge in [-0.2, -0.15) is 5.26 Å². The number of amides is 1. The Morgan fingerprint density at radius 2 is 1.96 bits per heavy atom. The predicted molar refractivity (Wildman–Crippen MR) is 100 cm³/mol. The molecule has 0 N–H and O–H groups in total. The summed E-state index contributed by atoms with van der Waals surface area (Å²) in [6.07, 6.45) is 3.49. The zero-order valence-electron chi connectivity index (χ0n) is 15.9. The molecule has 4 rings (SSSR count). The number of nitriles is 1. The van der Waals surface area contributed by atoms with Crippen molar-refractivity contribution in [3.63, 3.8) is 0 Å². The van der Waals surface area contributed by atoms with E-state index in [4.69, 9.17) is 4.74 Å². The molecule has 1 saturated carbocycles. The molecule has 2 aliphatic heterocycles. The molecule has 1 aromatic carbocycles. The van der Waals surface area contributed by atoms with Crippen LogP contribution in [0.25, 0.3) is 0 Å². The Hall–Kier alpha value is -2.22. The molecular formula is C21H27N3O2. The molecule has 1 unspecified atom stereocenters. The number of carbonyl (C=O) groups is 1. The second-order valence-corrected chi connectivity index (χ2v) is 8.81. The molecule has 138 valence electrons. The van der Waals surface area contributed by atoms with Crippen molar-refractivity contribution in [2.24, 2.45) is 5.92 Å². The summed E-state index contributed by atoms with van der Waals surface area (Å²) >= 11 is 0. The minimum absolute atomic E-state index is 0.271. The van der Waals surface area contributed by atoms with Gasteiger partial charge in [0.1, 0.15) is 5.60 Å². The fraction of sp³-hybridized carbons (Fsp3) is 0.619. The summed E-state index contributed by atoms with van der Waals surface area (Å²) in [5, 5.41) is 9.51. The maximum absolute atomic E-state index is 12.6. The van der Waals surface area contributed by atoms with Gasteiger partial charge < -0.3 is 14.5 Å².